The summed E-state index contributed by atoms with van der Waals surface area (Å²) in [5, 5.41) is 19.5. The Bertz CT molecular complexity index is 551. The highest BCUT2D eigenvalue weighted by molar-refractivity contribution is 5.94. The van der Waals surface area contributed by atoms with Gasteiger partial charge in [0, 0.05) is 18.2 Å². The average Bonchev–Trinajstić information content (AvgIpc) is 3.00. The molecule has 1 amide bonds. The van der Waals surface area contributed by atoms with E-state index in [-0.39, 0.29) is 24.5 Å². The average molecular weight is 274 g/mol. The second-order valence-corrected chi connectivity index (χ2v) is 4.82. The van der Waals surface area contributed by atoms with Crippen LogP contribution >= 0.6 is 0 Å². The number of carbonyl (C=O) groups excluding carboxylic acids is 1. The van der Waals surface area contributed by atoms with Crippen LogP contribution in [0.15, 0.2) is 36.7 Å². The first-order valence-electron chi connectivity index (χ1n) is 6.50. The zero-order valence-corrected chi connectivity index (χ0v) is 11.5. The van der Waals surface area contributed by atoms with Gasteiger partial charge in [0.2, 0.25) is 0 Å². The van der Waals surface area contributed by atoms with Gasteiger partial charge in [-0.3, -0.25) is 4.79 Å². The molecule has 0 spiro atoms. The molecule has 0 bridgehead atoms. The van der Waals surface area contributed by atoms with Crippen LogP contribution in [0.2, 0.25) is 0 Å². The van der Waals surface area contributed by atoms with Gasteiger partial charge in [-0.1, -0.05) is 12.1 Å². The number of aliphatic hydroxyl groups excluding tert-OH is 1. The molecule has 0 aliphatic rings. The first-order chi connectivity index (χ1) is 9.61. The summed E-state index contributed by atoms with van der Waals surface area (Å²) in [6, 6.07) is 7.02. The normalized spacial score (nSPS) is 13.8. The molecule has 20 heavy (non-hydrogen) atoms. The van der Waals surface area contributed by atoms with Crippen LogP contribution in [-0.2, 0) is 0 Å². The van der Waals surface area contributed by atoms with Gasteiger partial charge in [-0.15, -0.1) is 5.10 Å². The molecule has 1 aromatic heterocycles. The molecule has 0 aliphatic carbocycles. The molecule has 6 nitrogen and oxygen atoms in total. The lowest BCUT2D eigenvalue weighted by Crippen LogP contribution is -2.38. The third-order valence-corrected chi connectivity index (χ3v) is 3.32. The van der Waals surface area contributed by atoms with Gasteiger partial charge in [0.05, 0.1) is 18.1 Å². The van der Waals surface area contributed by atoms with Crippen molar-refractivity contribution >= 4 is 5.91 Å². The van der Waals surface area contributed by atoms with Gasteiger partial charge in [0.15, 0.2) is 0 Å². The van der Waals surface area contributed by atoms with Crippen molar-refractivity contribution in [3.05, 3.63) is 42.2 Å². The summed E-state index contributed by atoms with van der Waals surface area (Å²) < 4.78 is 1.62. The van der Waals surface area contributed by atoms with E-state index in [9.17, 15) is 4.79 Å². The maximum absolute atomic E-state index is 12.0. The Morgan fingerprint density at radius 3 is 2.60 bits per heavy atom. The minimum atomic E-state index is -0.150. The number of hydrogen-bond donors (Lipinski definition) is 2. The fraction of sp³-hybridized carbons (Fsp3) is 0.357. The Morgan fingerprint density at radius 2 is 2.05 bits per heavy atom. The highest BCUT2D eigenvalue weighted by Crippen LogP contribution is 2.09. The summed E-state index contributed by atoms with van der Waals surface area (Å²) in [6.45, 7) is 3.81. The van der Waals surface area contributed by atoms with Crippen molar-refractivity contribution in [3.8, 4) is 5.69 Å². The molecule has 106 valence electrons. The van der Waals surface area contributed by atoms with Gasteiger partial charge in [0.25, 0.3) is 5.91 Å². The van der Waals surface area contributed by atoms with Crippen molar-refractivity contribution in [1.82, 2.24) is 20.3 Å². The van der Waals surface area contributed by atoms with Gasteiger partial charge in [-0.2, -0.15) is 0 Å². The van der Waals surface area contributed by atoms with E-state index in [4.69, 9.17) is 5.11 Å². The van der Waals surface area contributed by atoms with Crippen LogP contribution < -0.4 is 5.32 Å². The highest BCUT2D eigenvalue weighted by Gasteiger charge is 2.15. The van der Waals surface area contributed by atoms with E-state index < -0.39 is 0 Å². The zero-order valence-electron chi connectivity index (χ0n) is 11.5. The Kier molecular flexibility index (Phi) is 4.47. The molecule has 0 saturated carbocycles. The molecule has 2 rings (SSSR count). The molecule has 0 aliphatic heterocycles. The lowest BCUT2D eigenvalue weighted by atomic mass is 10.0. The lowest BCUT2D eigenvalue weighted by Gasteiger charge is -2.19. The second-order valence-electron chi connectivity index (χ2n) is 4.82. The zero-order chi connectivity index (χ0) is 14.5. The third kappa shape index (κ3) is 3.21. The van der Waals surface area contributed by atoms with Crippen molar-refractivity contribution in [2.24, 2.45) is 5.92 Å². The Labute approximate surface area is 117 Å². The lowest BCUT2D eigenvalue weighted by molar-refractivity contribution is 0.0916. The van der Waals surface area contributed by atoms with Crippen molar-refractivity contribution in [3.63, 3.8) is 0 Å². The van der Waals surface area contributed by atoms with E-state index in [2.05, 4.69) is 15.6 Å². The maximum atomic E-state index is 12.0. The number of nitrogens with one attached hydrogen (secondary N) is 1. The van der Waals surface area contributed by atoms with Crippen LogP contribution in [0.5, 0.6) is 0 Å². The standard InChI is InChI=1S/C14H18N4O2/c1-10(9-19)11(2)16-14(20)12-3-5-13(6-4-12)18-8-7-15-17-18/h3-8,10-11,19H,9H2,1-2H3,(H,16,20). The quantitative estimate of drug-likeness (QED) is 0.853. The van der Waals surface area contributed by atoms with Gasteiger partial charge < -0.3 is 10.4 Å². The van der Waals surface area contributed by atoms with E-state index in [1.165, 1.54) is 0 Å². The third-order valence-electron chi connectivity index (χ3n) is 3.32. The number of hydrogen-bond acceptors (Lipinski definition) is 4. The molecule has 2 unspecified atom stereocenters. The smallest absolute Gasteiger partial charge is 0.251 e. The number of aliphatic hydroxyl groups is 1. The molecule has 2 N–H and O–H groups in total. The van der Waals surface area contributed by atoms with Crippen LogP contribution in [0.1, 0.15) is 24.2 Å². The van der Waals surface area contributed by atoms with Gasteiger partial charge in [-0.05, 0) is 37.1 Å². The predicted molar refractivity (Wildman–Crippen MR) is 74.5 cm³/mol. The minimum Gasteiger partial charge on any atom is -0.396 e. The monoisotopic (exact) mass is 274 g/mol. The van der Waals surface area contributed by atoms with Crippen molar-refractivity contribution in [2.45, 2.75) is 19.9 Å². The number of nitrogens with zero attached hydrogens (tertiary/aromatic N) is 3. The molecule has 0 saturated heterocycles. The molecule has 1 heterocycles. The number of amides is 1. The highest BCUT2D eigenvalue weighted by atomic mass is 16.3. The van der Waals surface area contributed by atoms with Gasteiger partial charge in [0.1, 0.15) is 0 Å². The summed E-state index contributed by atoms with van der Waals surface area (Å²) in [6.07, 6.45) is 3.33. The van der Waals surface area contributed by atoms with E-state index in [0.717, 1.165) is 5.69 Å². The van der Waals surface area contributed by atoms with E-state index in [1.807, 2.05) is 26.0 Å². The molecular weight excluding hydrogens is 256 g/mol. The van der Waals surface area contributed by atoms with Crippen LogP contribution in [0.4, 0.5) is 0 Å². The molecule has 0 radical (unpaired) electrons. The molecular formula is C14H18N4O2. The Morgan fingerprint density at radius 1 is 1.35 bits per heavy atom. The molecule has 2 atom stereocenters. The summed E-state index contributed by atoms with van der Waals surface area (Å²) in [4.78, 5) is 12.0. The Balaban J connectivity index is 2.04. The fourth-order valence-corrected chi connectivity index (χ4v) is 1.70. The fourth-order valence-electron chi connectivity index (χ4n) is 1.70. The minimum absolute atomic E-state index is 0.0216. The number of aromatic nitrogens is 3. The van der Waals surface area contributed by atoms with Crippen molar-refractivity contribution in [2.75, 3.05) is 6.61 Å². The van der Waals surface area contributed by atoms with Crippen molar-refractivity contribution < 1.29 is 9.90 Å². The molecule has 0 fully saturated rings. The first-order valence-corrected chi connectivity index (χ1v) is 6.50. The SMILES string of the molecule is CC(CO)C(C)NC(=O)c1ccc(-n2ccnn2)cc1. The van der Waals surface area contributed by atoms with Gasteiger partial charge >= 0.3 is 0 Å². The first kappa shape index (κ1) is 14.2. The number of benzene rings is 1. The summed E-state index contributed by atoms with van der Waals surface area (Å²) in [7, 11) is 0. The topological polar surface area (TPSA) is 80.0 Å². The van der Waals surface area contributed by atoms with Gasteiger partial charge in [-0.25, -0.2) is 4.68 Å². The van der Waals surface area contributed by atoms with Crippen LogP contribution in [0.25, 0.3) is 5.69 Å². The summed E-state index contributed by atoms with van der Waals surface area (Å²) in [5.74, 6) is -0.128. The molecule has 2 aromatic rings. The number of carbonyl (C=O) groups is 1. The Hall–Kier alpha value is -2.21. The maximum Gasteiger partial charge on any atom is 0.251 e. The second kappa shape index (κ2) is 6.29. The largest absolute Gasteiger partial charge is 0.396 e. The summed E-state index contributed by atoms with van der Waals surface area (Å²) in [5.41, 5.74) is 1.42. The van der Waals surface area contributed by atoms with E-state index in [1.54, 1.807) is 29.2 Å². The van der Waals surface area contributed by atoms with Crippen LogP contribution in [0.3, 0.4) is 0 Å². The summed E-state index contributed by atoms with van der Waals surface area (Å²) >= 11 is 0. The molecule has 6 heteroatoms. The van der Waals surface area contributed by atoms with Crippen LogP contribution in [-0.4, -0.2) is 38.7 Å². The molecule has 1 aromatic carbocycles. The number of rotatable bonds is 5. The van der Waals surface area contributed by atoms with E-state index >= 15 is 0 Å². The van der Waals surface area contributed by atoms with Crippen molar-refractivity contribution in [1.29, 1.82) is 0 Å². The predicted octanol–water partition coefficient (Wildman–Crippen LogP) is 1.01. The van der Waals surface area contributed by atoms with E-state index in [0.29, 0.717) is 5.56 Å². The van der Waals surface area contributed by atoms with Crippen LogP contribution in [0, 0.1) is 5.92 Å².